The lowest BCUT2D eigenvalue weighted by Gasteiger charge is -2.29. The van der Waals surface area contributed by atoms with Gasteiger partial charge in [-0.2, -0.15) is 22.0 Å². The molecular formula is C23H17F6N3O4. The highest BCUT2D eigenvalue weighted by molar-refractivity contribution is 6.05. The number of piperidine rings is 1. The third kappa shape index (κ3) is 4.64. The first-order valence-corrected chi connectivity index (χ1v) is 10.6. The molecule has 1 atom stereocenters. The number of fused-ring (bicyclic) bond motifs is 1. The molecule has 1 unspecified atom stereocenters. The molecule has 2 aliphatic heterocycles. The van der Waals surface area contributed by atoms with E-state index < -0.39 is 65.3 Å². The number of rotatable bonds is 5. The number of carbonyl (C=O) groups excluding carboxylic acids is 4. The van der Waals surface area contributed by atoms with Gasteiger partial charge in [-0.15, -0.1) is 0 Å². The van der Waals surface area contributed by atoms with Crippen molar-refractivity contribution < 1.29 is 45.5 Å². The molecule has 2 aromatic rings. The molecule has 0 aliphatic carbocycles. The van der Waals surface area contributed by atoms with Crippen LogP contribution in [0.2, 0.25) is 0 Å². The minimum Gasteiger partial charge on any atom is -0.346 e. The molecular weight excluding hydrogens is 496 g/mol. The van der Waals surface area contributed by atoms with Gasteiger partial charge in [0, 0.05) is 30.6 Å². The third-order valence-corrected chi connectivity index (χ3v) is 5.95. The first-order chi connectivity index (χ1) is 16.8. The second-order valence-corrected chi connectivity index (χ2v) is 8.34. The Morgan fingerprint density at radius 1 is 1.03 bits per heavy atom. The van der Waals surface area contributed by atoms with Crippen molar-refractivity contribution in [3.8, 4) is 0 Å². The largest absolute Gasteiger partial charge is 0.417 e. The zero-order valence-electron chi connectivity index (χ0n) is 18.2. The smallest absolute Gasteiger partial charge is 0.346 e. The Balaban J connectivity index is 1.48. The summed E-state index contributed by atoms with van der Waals surface area (Å²) in [6.45, 7) is -0.500. The lowest BCUT2D eigenvalue weighted by molar-refractivity contribution is -0.153. The van der Waals surface area contributed by atoms with Crippen LogP contribution in [0.5, 0.6) is 0 Å². The van der Waals surface area contributed by atoms with Crippen molar-refractivity contribution in [2.75, 3.05) is 0 Å². The number of hydrogen-bond donors (Lipinski definition) is 2. The molecule has 0 saturated carbocycles. The van der Waals surface area contributed by atoms with Gasteiger partial charge in [-0.1, -0.05) is 12.1 Å². The van der Waals surface area contributed by atoms with Gasteiger partial charge in [0.2, 0.25) is 11.8 Å². The number of alkyl halides is 5. The van der Waals surface area contributed by atoms with Gasteiger partial charge < -0.3 is 10.2 Å². The van der Waals surface area contributed by atoms with Crippen LogP contribution in [0.15, 0.2) is 36.4 Å². The zero-order valence-corrected chi connectivity index (χ0v) is 18.2. The first kappa shape index (κ1) is 25.2. The molecule has 0 aromatic heterocycles. The van der Waals surface area contributed by atoms with Crippen molar-refractivity contribution in [1.82, 2.24) is 15.5 Å². The van der Waals surface area contributed by atoms with Crippen molar-refractivity contribution in [2.45, 2.75) is 44.1 Å². The van der Waals surface area contributed by atoms with E-state index in [1.54, 1.807) is 0 Å². The molecule has 1 saturated heterocycles. The van der Waals surface area contributed by atoms with Crippen LogP contribution in [0.25, 0.3) is 0 Å². The fourth-order valence-corrected chi connectivity index (χ4v) is 4.18. The van der Waals surface area contributed by atoms with Crippen molar-refractivity contribution in [2.24, 2.45) is 0 Å². The Morgan fingerprint density at radius 2 is 1.75 bits per heavy atom. The summed E-state index contributed by atoms with van der Waals surface area (Å²) in [7, 11) is 0. The van der Waals surface area contributed by atoms with Crippen LogP contribution in [0.1, 0.15) is 45.5 Å². The normalized spacial score (nSPS) is 18.2. The molecule has 4 rings (SSSR count). The van der Waals surface area contributed by atoms with Crippen molar-refractivity contribution in [3.63, 3.8) is 0 Å². The Labute approximate surface area is 199 Å². The molecule has 4 amide bonds. The summed E-state index contributed by atoms with van der Waals surface area (Å²) in [5.41, 5.74) is -2.69. The van der Waals surface area contributed by atoms with Crippen molar-refractivity contribution in [3.05, 3.63) is 70.0 Å². The summed E-state index contributed by atoms with van der Waals surface area (Å²) in [6.07, 6.45) is -5.11. The molecule has 36 heavy (non-hydrogen) atoms. The maximum absolute atomic E-state index is 14.6. The summed E-state index contributed by atoms with van der Waals surface area (Å²) in [5.74, 6) is -9.55. The number of nitrogens with zero attached hydrogens (tertiary/aromatic N) is 1. The Bertz CT molecular complexity index is 1280. The van der Waals surface area contributed by atoms with E-state index in [0.717, 1.165) is 0 Å². The molecule has 2 heterocycles. The fourth-order valence-electron chi connectivity index (χ4n) is 4.18. The molecule has 13 heteroatoms. The van der Waals surface area contributed by atoms with E-state index in [1.807, 2.05) is 5.32 Å². The molecule has 0 spiro atoms. The van der Waals surface area contributed by atoms with E-state index in [4.69, 9.17) is 0 Å². The maximum atomic E-state index is 14.6. The molecule has 1 fully saturated rings. The molecule has 2 aliphatic rings. The van der Waals surface area contributed by atoms with E-state index in [-0.39, 0.29) is 42.6 Å². The fraction of sp³-hybridized carbons (Fsp3) is 0.304. The number of benzene rings is 2. The summed E-state index contributed by atoms with van der Waals surface area (Å²) in [6, 6.07) is 3.83. The molecule has 7 nitrogen and oxygen atoms in total. The number of nitrogens with one attached hydrogen (secondary N) is 2. The van der Waals surface area contributed by atoms with Crippen LogP contribution in [-0.2, 0) is 39.6 Å². The highest BCUT2D eigenvalue weighted by Gasteiger charge is 2.48. The molecule has 190 valence electrons. The SMILES string of the molecule is O=C1CCC(N2Cc3cc(CNC(=O)C(F)(F)c4ccc(F)cc4C(F)(F)F)ccc3C2=O)C(=O)N1. The maximum Gasteiger partial charge on any atom is 0.417 e. The van der Waals surface area contributed by atoms with Crippen LogP contribution in [-0.4, -0.2) is 34.6 Å². The van der Waals surface area contributed by atoms with E-state index in [9.17, 15) is 45.5 Å². The van der Waals surface area contributed by atoms with Crippen LogP contribution < -0.4 is 10.6 Å². The Kier molecular flexibility index (Phi) is 6.27. The minimum atomic E-state index is -5.32. The second kappa shape index (κ2) is 8.95. The molecule has 2 aromatic carbocycles. The molecule has 2 N–H and O–H groups in total. The molecule has 0 radical (unpaired) electrons. The number of amides is 4. The highest BCUT2D eigenvalue weighted by Crippen LogP contribution is 2.40. The zero-order chi connectivity index (χ0) is 26.4. The predicted octanol–water partition coefficient (Wildman–Crippen LogP) is 3.01. The predicted molar refractivity (Wildman–Crippen MR) is 110 cm³/mol. The average molecular weight is 513 g/mol. The standard InChI is InChI=1S/C23H17F6N3O4/c24-13-2-4-15(16(8-13)23(27,28)29)22(25,26)21(36)30-9-11-1-3-14-12(7-11)10-32(20(14)35)17-5-6-18(33)31-19(17)34/h1-4,7-8,17H,5-6,9-10H2,(H,30,36)(H,31,33,34). The molecule has 0 bridgehead atoms. The van der Waals surface area contributed by atoms with E-state index in [0.29, 0.717) is 11.6 Å². The van der Waals surface area contributed by atoms with Gasteiger partial charge in [-0.3, -0.25) is 24.5 Å². The van der Waals surface area contributed by atoms with Crippen molar-refractivity contribution >= 4 is 23.6 Å². The highest BCUT2D eigenvalue weighted by atomic mass is 19.4. The topological polar surface area (TPSA) is 95.6 Å². The third-order valence-electron chi connectivity index (χ3n) is 5.95. The van der Waals surface area contributed by atoms with Gasteiger partial charge in [-0.05, 0) is 41.8 Å². The summed E-state index contributed by atoms with van der Waals surface area (Å²) in [4.78, 5) is 49.6. The second-order valence-electron chi connectivity index (χ2n) is 8.34. The van der Waals surface area contributed by atoms with E-state index in [1.165, 1.54) is 23.1 Å². The van der Waals surface area contributed by atoms with Crippen LogP contribution in [0, 0.1) is 5.82 Å². The van der Waals surface area contributed by atoms with Crippen LogP contribution in [0.3, 0.4) is 0 Å². The van der Waals surface area contributed by atoms with E-state index in [2.05, 4.69) is 5.32 Å². The number of imide groups is 1. The van der Waals surface area contributed by atoms with Gasteiger partial charge in [0.15, 0.2) is 0 Å². The lowest BCUT2D eigenvalue weighted by Crippen LogP contribution is -2.52. The van der Waals surface area contributed by atoms with Gasteiger partial charge in [0.25, 0.3) is 11.8 Å². The van der Waals surface area contributed by atoms with Crippen LogP contribution in [0.4, 0.5) is 26.3 Å². The first-order valence-electron chi connectivity index (χ1n) is 10.6. The summed E-state index contributed by atoms with van der Waals surface area (Å²) < 4.78 is 81.9. The van der Waals surface area contributed by atoms with Gasteiger partial charge in [0.1, 0.15) is 11.9 Å². The van der Waals surface area contributed by atoms with Gasteiger partial charge in [0.05, 0.1) is 5.56 Å². The number of hydrogen-bond acceptors (Lipinski definition) is 4. The average Bonchev–Trinajstić information content (AvgIpc) is 3.12. The van der Waals surface area contributed by atoms with Gasteiger partial charge >= 0.3 is 12.1 Å². The van der Waals surface area contributed by atoms with Crippen molar-refractivity contribution in [1.29, 1.82) is 0 Å². The Hall–Kier alpha value is -3.90. The van der Waals surface area contributed by atoms with Crippen LogP contribution >= 0.6 is 0 Å². The summed E-state index contributed by atoms with van der Waals surface area (Å²) >= 11 is 0. The Morgan fingerprint density at radius 3 is 2.42 bits per heavy atom. The van der Waals surface area contributed by atoms with Gasteiger partial charge in [-0.25, -0.2) is 4.39 Å². The minimum absolute atomic E-state index is 0.00289. The lowest BCUT2D eigenvalue weighted by atomic mass is 10.00. The number of carbonyl (C=O) groups is 4. The number of halogens is 6. The monoisotopic (exact) mass is 513 g/mol. The summed E-state index contributed by atoms with van der Waals surface area (Å²) in [5, 5.41) is 4.03. The van der Waals surface area contributed by atoms with E-state index >= 15 is 0 Å². The quantitative estimate of drug-likeness (QED) is 0.475.